The molecule has 0 atom stereocenters. The van der Waals surface area contributed by atoms with Crippen molar-refractivity contribution < 1.29 is 31.8 Å². The molecule has 0 aliphatic rings. The summed E-state index contributed by atoms with van der Waals surface area (Å²) in [4.78, 5) is 0. The van der Waals surface area contributed by atoms with Crippen molar-refractivity contribution in [3.63, 3.8) is 0 Å². The van der Waals surface area contributed by atoms with Gasteiger partial charge in [0, 0.05) is 0 Å². The predicted molar refractivity (Wildman–Crippen MR) is 30.0 cm³/mol. The molecule has 0 heterocycles. The molecule has 0 aromatic rings. The minimum absolute atomic E-state index is 0. The Kier molecular flexibility index (Phi) is 5.31. The summed E-state index contributed by atoms with van der Waals surface area (Å²) in [7, 11) is -4.79. The van der Waals surface area contributed by atoms with Gasteiger partial charge in [0.15, 0.2) is 0 Å². The minimum Gasteiger partial charge on any atom is -0.745 e. The molecule has 0 rings (SSSR count). The fraction of sp³-hybridized carbons (Fsp3) is 1.00. The first-order valence-corrected chi connectivity index (χ1v) is 3.81. The number of hydrogen-bond donors (Lipinski definition) is 0. The monoisotopic (exact) mass is 204 g/mol. The maximum Gasteiger partial charge on any atom is 1.00 e. The van der Waals surface area contributed by atoms with Gasteiger partial charge in [-0.25, -0.2) is 8.42 Å². The average Bonchev–Trinajstić information content (AvgIpc) is 1.25. The Hall–Kier alpha value is 1.38. The molecule has 0 saturated carbocycles. The van der Waals surface area contributed by atoms with E-state index in [-0.39, 0.29) is 18.9 Å². The summed E-state index contributed by atoms with van der Waals surface area (Å²) >= 11 is 13.9. The van der Waals surface area contributed by atoms with Gasteiger partial charge in [-0.3, -0.25) is 0 Å². The minimum atomic E-state index is -4.79. The van der Waals surface area contributed by atoms with Crippen molar-refractivity contribution >= 4 is 44.9 Å². The van der Waals surface area contributed by atoms with E-state index in [0.717, 1.165) is 0 Å². The van der Waals surface area contributed by atoms with E-state index in [0.29, 0.717) is 0 Å². The Morgan fingerprint density at radius 1 is 1.22 bits per heavy atom. The Morgan fingerprint density at radius 2 is 1.33 bits per heavy atom. The van der Waals surface area contributed by atoms with Crippen LogP contribution in [0.5, 0.6) is 0 Å². The quantitative estimate of drug-likeness (QED) is 0.258. The molecule has 3 nitrogen and oxygen atoms in total. The van der Waals surface area contributed by atoms with Crippen molar-refractivity contribution in [2.75, 3.05) is 0 Å². The van der Waals surface area contributed by atoms with Crippen molar-refractivity contribution in [1.82, 2.24) is 0 Å². The first-order valence-electron chi connectivity index (χ1n) is 1.27. The summed E-state index contributed by atoms with van der Waals surface area (Å²) in [5, 5.41) is 0. The summed E-state index contributed by atoms with van der Waals surface area (Å²) in [6, 6.07) is 0. The Bertz CT molecular complexity index is 168. The SMILES string of the molecule is O=S(=O)([O-])C(Cl)(Cl)Cl.[Li+]. The maximum absolute atomic E-state index is 9.70. The smallest absolute Gasteiger partial charge is 0.745 e. The summed E-state index contributed by atoms with van der Waals surface area (Å²) in [6.45, 7) is 0. The molecular weight excluding hydrogens is 205 g/mol. The third-order valence-corrected chi connectivity index (χ3v) is 2.55. The van der Waals surface area contributed by atoms with E-state index in [1.807, 2.05) is 0 Å². The first-order chi connectivity index (χ1) is 3.25. The molecule has 0 unspecified atom stereocenters. The molecule has 0 saturated heterocycles. The van der Waals surface area contributed by atoms with Gasteiger partial charge in [-0.15, -0.1) is 0 Å². The molecule has 0 N–H and O–H groups in total. The topological polar surface area (TPSA) is 57.2 Å². The largest absolute Gasteiger partial charge is 1.00 e. The maximum atomic E-state index is 9.70. The van der Waals surface area contributed by atoms with E-state index in [9.17, 15) is 13.0 Å². The van der Waals surface area contributed by atoms with E-state index in [1.54, 1.807) is 0 Å². The second-order valence-corrected chi connectivity index (χ2v) is 5.37. The fourth-order valence-electron chi connectivity index (χ4n) is 0. The molecule has 8 heteroatoms. The van der Waals surface area contributed by atoms with Crippen LogP contribution in [0.2, 0.25) is 0 Å². The van der Waals surface area contributed by atoms with Gasteiger partial charge in [0.1, 0.15) is 10.1 Å². The first kappa shape index (κ1) is 13.0. The molecule has 50 valence electrons. The van der Waals surface area contributed by atoms with Gasteiger partial charge in [-0.2, -0.15) is 0 Å². The van der Waals surface area contributed by atoms with E-state index in [2.05, 4.69) is 34.8 Å². The van der Waals surface area contributed by atoms with Crippen LogP contribution in [-0.2, 0) is 10.1 Å². The zero-order valence-electron chi connectivity index (χ0n) is 4.27. The molecule has 0 spiro atoms. The van der Waals surface area contributed by atoms with Crippen LogP contribution in [0.3, 0.4) is 0 Å². The van der Waals surface area contributed by atoms with Crippen LogP contribution in [-0.4, -0.2) is 16.1 Å². The van der Waals surface area contributed by atoms with Crippen LogP contribution in [0.4, 0.5) is 0 Å². The van der Waals surface area contributed by atoms with E-state index in [4.69, 9.17) is 0 Å². The predicted octanol–water partition coefficient (Wildman–Crippen LogP) is -2.14. The normalized spacial score (nSPS) is 12.4. The molecule has 0 aromatic carbocycles. The molecular formula is CCl3LiO3S. The number of alkyl halides is 3. The zero-order valence-corrected chi connectivity index (χ0v) is 7.35. The van der Waals surface area contributed by atoms with Crippen molar-refractivity contribution in [1.29, 1.82) is 0 Å². The molecule has 0 amide bonds. The van der Waals surface area contributed by atoms with Gasteiger partial charge in [-0.1, -0.05) is 34.8 Å². The summed E-state index contributed by atoms with van der Waals surface area (Å²) in [6.07, 6.45) is 0. The molecule has 9 heavy (non-hydrogen) atoms. The van der Waals surface area contributed by atoms with Crippen molar-refractivity contribution in [3.8, 4) is 0 Å². The summed E-state index contributed by atoms with van der Waals surface area (Å²) in [5.41, 5.74) is 0. The third kappa shape index (κ3) is 4.74. The van der Waals surface area contributed by atoms with Crippen LogP contribution < -0.4 is 18.9 Å². The van der Waals surface area contributed by atoms with Crippen LogP contribution in [0, 0.1) is 0 Å². The standard InChI is InChI=1S/CHCl3O3S.Li/c2-1(3,4)8(5,6)7;/h(H,5,6,7);/q;+1/p-1. The number of halogens is 3. The number of rotatable bonds is 0. The Balaban J connectivity index is 0. The van der Waals surface area contributed by atoms with E-state index < -0.39 is 13.2 Å². The van der Waals surface area contributed by atoms with Gasteiger partial charge >= 0.3 is 18.9 Å². The molecule has 0 aromatic heterocycles. The molecule has 0 aliphatic carbocycles. The summed E-state index contributed by atoms with van der Waals surface area (Å²) < 4.78 is 26.4. The van der Waals surface area contributed by atoms with Crippen molar-refractivity contribution in [2.45, 2.75) is 3.12 Å². The molecule has 0 bridgehead atoms. The Morgan fingerprint density at radius 3 is 1.33 bits per heavy atom. The van der Waals surface area contributed by atoms with Gasteiger partial charge < -0.3 is 4.55 Å². The van der Waals surface area contributed by atoms with Crippen molar-refractivity contribution in [3.05, 3.63) is 0 Å². The van der Waals surface area contributed by atoms with Gasteiger partial charge in [0.25, 0.3) is 3.12 Å². The van der Waals surface area contributed by atoms with Crippen molar-refractivity contribution in [2.24, 2.45) is 0 Å². The van der Waals surface area contributed by atoms with Gasteiger partial charge in [0.05, 0.1) is 0 Å². The van der Waals surface area contributed by atoms with Crippen LogP contribution in [0.15, 0.2) is 0 Å². The molecule has 0 fully saturated rings. The molecule has 0 radical (unpaired) electrons. The average molecular weight is 205 g/mol. The second kappa shape index (κ2) is 3.68. The summed E-state index contributed by atoms with van der Waals surface area (Å²) in [5.74, 6) is 0. The van der Waals surface area contributed by atoms with E-state index in [1.165, 1.54) is 0 Å². The van der Waals surface area contributed by atoms with E-state index >= 15 is 0 Å². The Labute approximate surface area is 79.6 Å². The fourth-order valence-corrected chi connectivity index (χ4v) is 0. The second-order valence-electron chi connectivity index (χ2n) is 0.900. The zero-order chi connectivity index (χ0) is 7.00. The molecule has 0 aliphatic heterocycles. The number of hydrogen-bond acceptors (Lipinski definition) is 3. The van der Waals surface area contributed by atoms with Gasteiger partial charge in [-0.05, 0) is 0 Å². The van der Waals surface area contributed by atoms with Gasteiger partial charge in [0.2, 0.25) is 0 Å². The van der Waals surface area contributed by atoms with Crippen LogP contribution >= 0.6 is 34.8 Å². The van der Waals surface area contributed by atoms with Crippen LogP contribution in [0.1, 0.15) is 0 Å². The van der Waals surface area contributed by atoms with Crippen LogP contribution in [0.25, 0.3) is 0 Å². The third-order valence-electron chi connectivity index (χ3n) is 0.283.